The number of benzene rings is 1. The van der Waals surface area contributed by atoms with Gasteiger partial charge in [-0.05, 0) is 32.9 Å². The summed E-state index contributed by atoms with van der Waals surface area (Å²) in [5, 5.41) is 3.27. The van der Waals surface area contributed by atoms with Gasteiger partial charge in [0, 0.05) is 12.3 Å². The van der Waals surface area contributed by atoms with E-state index in [4.69, 9.17) is 9.15 Å². The molecule has 0 aliphatic carbocycles. The quantitative estimate of drug-likeness (QED) is 0.841. The number of fused-ring (bicyclic) bond motifs is 1. The summed E-state index contributed by atoms with van der Waals surface area (Å²) in [6.45, 7) is 6.70. The predicted molar refractivity (Wildman–Crippen MR) is 76.1 cm³/mol. The van der Waals surface area contributed by atoms with E-state index in [1.807, 2.05) is 6.07 Å². The maximum atomic E-state index is 11.9. The Labute approximate surface area is 116 Å². The van der Waals surface area contributed by atoms with E-state index in [2.05, 4.69) is 5.32 Å². The van der Waals surface area contributed by atoms with Crippen molar-refractivity contribution in [2.75, 3.05) is 5.32 Å². The van der Waals surface area contributed by atoms with Crippen molar-refractivity contribution in [1.29, 1.82) is 0 Å². The van der Waals surface area contributed by atoms with Crippen LogP contribution in [0, 0.1) is 0 Å². The third-order valence-corrected chi connectivity index (χ3v) is 2.54. The zero-order valence-electron chi connectivity index (χ0n) is 11.9. The van der Waals surface area contributed by atoms with Gasteiger partial charge in [-0.3, -0.25) is 10.1 Å². The number of ketones is 1. The van der Waals surface area contributed by atoms with E-state index < -0.39 is 11.7 Å². The number of carbonyl (C=O) groups excluding carboxylic acids is 2. The van der Waals surface area contributed by atoms with E-state index in [0.29, 0.717) is 16.7 Å². The lowest BCUT2D eigenvalue weighted by molar-refractivity contribution is 0.0636. The fraction of sp³-hybridized carbons (Fsp3) is 0.333. The Morgan fingerprint density at radius 3 is 2.45 bits per heavy atom. The summed E-state index contributed by atoms with van der Waals surface area (Å²) in [5.41, 5.74) is 0.283. The van der Waals surface area contributed by atoms with Gasteiger partial charge >= 0.3 is 6.09 Å². The van der Waals surface area contributed by atoms with E-state index in [1.54, 1.807) is 39.0 Å². The average Bonchev–Trinajstić information content (AvgIpc) is 2.66. The zero-order chi connectivity index (χ0) is 14.9. The van der Waals surface area contributed by atoms with Crippen LogP contribution in [-0.4, -0.2) is 17.5 Å². The maximum absolute atomic E-state index is 11.9. The van der Waals surface area contributed by atoms with E-state index in [9.17, 15) is 9.59 Å². The van der Waals surface area contributed by atoms with Crippen molar-refractivity contribution < 1.29 is 18.7 Å². The van der Waals surface area contributed by atoms with Crippen molar-refractivity contribution in [3.8, 4) is 0 Å². The molecule has 0 unspecified atom stereocenters. The second kappa shape index (κ2) is 5.00. The Bertz CT molecular complexity index is 664. The van der Waals surface area contributed by atoms with Gasteiger partial charge in [0.2, 0.25) is 0 Å². The molecule has 106 valence electrons. The molecule has 0 fully saturated rings. The fourth-order valence-electron chi connectivity index (χ4n) is 1.82. The molecule has 2 aromatic rings. The van der Waals surface area contributed by atoms with Gasteiger partial charge in [0.1, 0.15) is 16.9 Å². The molecule has 0 saturated heterocycles. The highest BCUT2D eigenvalue weighted by atomic mass is 16.6. The summed E-state index contributed by atoms with van der Waals surface area (Å²) in [7, 11) is 0. The fourth-order valence-corrected chi connectivity index (χ4v) is 1.82. The van der Waals surface area contributed by atoms with Crippen molar-refractivity contribution in [2.24, 2.45) is 0 Å². The number of Topliss-reactive ketones (excluding diaryl/α,β-unsaturated/α-hetero) is 1. The maximum Gasteiger partial charge on any atom is 0.412 e. The lowest BCUT2D eigenvalue weighted by atomic mass is 10.2. The molecule has 0 spiro atoms. The average molecular weight is 275 g/mol. The lowest BCUT2D eigenvalue weighted by Gasteiger charge is -2.19. The van der Waals surface area contributed by atoms with Gasteiger partial charge in [0.25, 0.3) is 0 Å². The molecule has 20 heavy (non-hydrogen) atoms. The molecule has 0 aliphatic rings. The smallest absolute Gasteiger partial charge is 0.412 e. The number of para-hydroxylation sites is 1. The predicted octanol–water partition coefficient (Wildman–Crippen LogP) is 3.98. The summed E-state index contributed by atoms with van der Waals surface area (Å²) < 4.78 is 10.7. The number of ether oxygens (including phenoxy) is 1. The second-order valence-electron chi connectivity index (χ2n) is 5.49. The minimum atomic E-state index is -0.619. The van der Waals surface area contributed by atoms with Gasteiger partial charge in [-0.25, -0.2) is 4.79 Å². The Hall–Kier alpha value is -2.30. The summed E-state index contributed by atoms with van der Waals surface area (Å²) in [6.07, 6.45) is -0.619. The van der Waals surface area contributed by atoms with Crippen molar-refractivity contribution >= 4 is 28.5 Å². The SMILES string of the molecule is CC(=O)c1oc2ccccc2c1NC(=O)OC(C)(C)C. The Kier molecular flexibility index (Phi) is 3.53. The van der Waals surface area contributed by atoms with Crippen LogP contribution < -0.4 is 5.32 Å². The number of carbonyl (C=O) groups is 2. The van der Waals surface area contributed by atoms with Crippen LogP contribution in [0.4, 0.5) is 10.5 Å². The van der Waals surface area contributed by atoms with Gasteiger partial charge in [0.15, 0.2) is 11.5 Å². The van der Waals surface area contributed by atoms with Crippen molar-refractivity contribution in [3.05, 3.63) is 30.0 Å². The number of rotatable bonds is 2. The molecule has 1 amide bonds. The number of anilines is 1. The topological polar surface area (TPSA) is 68.5 Å². The van der Waals surface area contributed by atoms with E-state index in [-0.39, 0.29) is 11.5 Å². The first-order chi connectivity index (χ1) is 9.28. The number of nitrogens with one attached hydrogen (secondary N) is 1. The van der Waals surface area contributed by atoms with Gasteiger partial charge in [-0.1, -0.05) is 12.1 Å². The molecule has 1 N–H and O–H groups in total. The molecular weight excluding hydrogens is 258 g/mol. The summed E-state index contributed by atoms with van der Waals surface area (Å²) in [5.74, 6) is -0.135. The Morgan fingerprint density at radius 1 is 1.20 bits per heavy atom. The molecule has 0 aliphatic heterocycles. The molecule has 0 radical (unpaired) electrons. The highest BCUT2D eigenvalue weighted by Gasteiger charge is 2.22. The normalized spacial score (nSPS) is 11.4. The van der Waals surface area contributed by atoms with Crippen LogP contribution in [0.15, 0.2) is 28.7 Å². The standard InChI is InChI=1S/C15H17NO4/c1-9(17)13-12(16-14(18)20-15(2,3)4)10-7-5-6-8-11(10)19-13/h5-8H,1-4H3,(H,16,18). The Morgan fingerprint density at radius 2 is 1.85 bits per heavy atom. The molecular formula is C15H17NO4. The molecule has 1 heterocycles. The first kappa shape index (κ1) is 14.1. The molecule has 0 atom stereocenters. The van der Waals surface area contributed by atoms with E-state index in [0.717, 1.165) is 0 Å². The first-order valence-electron chi connectivity index (χ1n) is 6.30. The van der Waals surface area contributed by atoms with Crippen LogP contribution in [0.1, 0.15) is 38.2 Å². The molecule has 5 heteroatoms. The molecule has 1 aromatic heterocycles. The molecule has 1 aromatic carbocycles. The van der Waals surface area contributed by atoms with Crippen LogP contribution in [0.2, 0.25) is 0 Å². The molecule has 5 nitrogen and oxygen atoms in total. The van der Waals surface area contributed by atoms with Crippen molar-refractivity contribution in [1.82, 2.24) is 0 Å². The van der Waals surface area contributed by atoms with Gasteiger partial charge in [0.05, 0.1) is 0 Å². The van der Waals surface area contributed by atoms with E-state index in [1.165, 1.54) is 6.92 Å². The molecule has 0 saturated carbocycles. The van der Waals surface area contributed by atoms with Crippen molar-refractivity contribution in [3.63, 3.8) is 0 Å². The lowest BCUT2D eigenvalue weighted by Crippen LogP contribution is -2.27. The molecule has 2 rings (SSSR count). The Balaban J connectivity index is 2.39. The number of amides is 1. The molecule has 0 bridgehead atoms. The van der Waals surface area contributed by atoms with Crippen LogP contribution >= 0.6 is 0 Å². The van der Waals surface area contributed by atoms with Crippen LogP contribution in [0.3, 0.4) is 0 Å². The highest BCUT2D eigenvalue weighted by Crippen LogP contribution is 2.31. The minimum absolute atomic E-state index is 0.122. The van der Waals surface area contributed by atoms with Gasteiger partial charge in [-0.2, -0.15) is 0 Å². The highest BCUT2D eigenvalue weighted by molar-refractivity contribution is 6.09. The number of hydrogen-bond acceptors (Lipinski definition) is 4. The summed E-state index contributed by atoms with van der Waals surface area (Å²) in [4.78, 5) is 23.5. The monoisotopic (exact) mass is 275 g/mol. The minimum Gasteiger partial charge on any atom is -0.451 e. The third-order valence-electron chi connectivity index (χ3n) is 2.54. The van der Waals surface area contributed by atoms with Crippen molar-refractivity contribution in [2.45, 2.75) is 33.3 Å². The largest absolute Gasteiger partial charge is 0.451 e. The van der Waals surface area contributed by atoms with E-state index >= 15 is 0 Å². The first-order valence-corrected chi connectivity index (χ1v) is 6.30. The summed E-state index contributed by atoms with van der Waals surface area (Å²) >= 11 is 0. The number of furan rings is 1. The van der Waals surface area contributed by atoms with Gasteiger partial charge < -0.3 is 9.15 Å². The number of hydrogen-bond donors (Lipinski definition) is 1. The van der Waals surface area contributed by atoms with Crippen LogP contribution in [-0.2, 0) is 4.74 Å². The zero-order valence-corrected chi connectivity index (χ0v) is 11.9. The second-order valence-corrected chi connectivity index (χ2v) is 5.49. The van der Waals surface area contributed by atoms with Gasteiger partial charge in [-0.15, -0.1) is 0 Å². The third kappa shape index (κ3) is 2.99. The summed E-state index contributed by atoms with van der Waals surface area (Å²) in [6, 6.07) is 7.12. The van der Waals surface area contributed by atoms with Crippen LogP contribution in [0.25, 0.3) is 11.0 Å². The van der Waals surface area contributed by atoms with Crippen LogP contribution in [0.5, 0.6) is 0 Å².